The summed E-state index contributed by atoms with van der Waals surface area (Å²) in [4.78, 5) is 27.0. The summed E-state index contributed by atoms with van der Waals surface area (Å²) in [7, 11) is 1.61. The van der Waals surface area contributed by atoms with E-state index in [4.69, 9.17) is 9.47 Å². The summed E-state index contributed by atoms with van der Waals surface area (Å²) in [6, 6.07) is 13.4. The standard InChI is InChI=1S/C25H32N2O4/c1-4-31-22-10-7-20(15-23(22)30-3)17-26-24(28)16-19-11-13-27(14-12-19)25(29)21-8-5-18(2)6-9-21/h5-10,15,19H,4,11-14,16-17H2,1-3H3,(H,26,28). The lowest BCUT2D eigenvalue weighted by atomic mass is 9.92. The minimum absolute atomic E-state index is 0.0381. The zero-order valence-electron chi connectivity index (χ0n) is 18.6. The maximum absolute atomic E-state index is 12.6. The molecule has 166 valence electrons. The molecule has 0 saturated carbocycles. The highest BCUT2D eigenvalue weighted by Gasteiger charge is 2.25. The van der Waals surface area contributed by atoms with Crippen molar-refractivity contribution < 1.29 is 19.1 Å². The first-order valence-electron chi connectivity index (χ1n) is 10.9. The third kappa shape index (κ3) is 6.23. The first kappa shape index (κ1) is 22.7. The molecule has 31 heavy (non-hydrogen) atoms. The Labute approximate surface area is 184 Å². The predicted octanol–water partition coefficient (Wildman–Crippen LogP) is 3.96. The van der Waals surface area contributed by atoms with E-state index in [1.807, 2.05) is 61.2 Å². The second kappa shape index (κ2) is 10.8. The largest absolute Gasteiger partial charge is 0.493 e. The van der Waals surface area contributed by atoms with Crippen molar-refractivity contribution in [3.05, 3.63) is 59.2 Å². The number of amides is 2. The zero-order valence-corrected chi connectivity index (χ0v) is 18.6. The van der Waals surface area contributed by atoms with Gasteiger partial charge in [-0.3, -0.25) is 9.59 Å². The van der Waals surface area contributed by atoms with Gasteiger partial charge >= 0.3 is 0 Å². The zero-order chi connectivity index (χ0) is 22.2. The number of rotatable bonds is 8. The number of nitrogens with zero attached hydrogens (tertiary/aromatic N) is 1. The fraction of sp³-hybridized carbons (Fsp3) is 0.440. The maximum atomic E-state index is 12.6. The van der Waals surface area contributed by atoms with Crippen LogP contribution >= 0.6 is 0 Å². The average molecular weight is 425 g/mol. The monoisotopic (exact) mass is 424 g/mol. The highest BCUT2D eigenvalue weighted by molar-refractivity contribution is 5.94. The number of nitrogens with one attached hydrogen (secondary N) is 1. The molecule has 0 aliphatic carbocycles. The number of methoxy groups -OCH3 is 1. The molecule has 0 radical (unpaired) electrons. The fourth-order valence-electron chi connectivity index (χ4n) is 3.85. The summed E-state index contributed by atoms with van der Waals surface area (Å²) in [5.74, 6) is 1.78. The van der Waals surface area contributed by atoms with Crippen LogP contribution in [0.5, 0.6) is 11.5 Å². The van der Waals surface area contributed by atoms with Crippen LogP contribution in [0.3, 0.4) is 0 Å². The van der Waals surface area contributed by atoms with E-state index in [1.54, 1.807) is 7.11 Å². The molecule has 2 aromatic rings. The first-order chi connectivity index (χ1) is 15.0. The van der Waals surface area contributed by atoms with Gasteiger partial charge < -0.3 is 19.7 Å². The molecule has 2 amide bonds. The van der Waals surface area contributed by atoms with Crippen LogP contribution in [0.2, 0.25) is 0 Å². The van der Waals surface area contributed by atoms with Crippen LogP contribution in [0.4, 0.5) is 0 Å². The molecule has 1 aliphatic heterocycles. The van der Waals surface area contributed by atoms with E-state index in [1.165, 1.54) is 0 Å². The Morgan fingerprint density at radius 3 is 2.42 bits per heavy atom. The second-order valence-electron chi connectivity index (χ2n) is 8.00. The molecular formula is C25H32N2O4. The molecule has 6 nitrogen and oxygen atoms in total. The minimum atomic E-state index is 0.0381. The second-order valence-corrected chi connectivity index (χ2v) is 8.00. The number of carbonyl (C=O) groups excluding carboxylic acids is 2. The van der Waals surface area contributed by atoms with Gasteiger partial charge in [-0.25, -0.2) is 0 Å². The van der Waals surface area contributed by atoms with Gasteiger partial charge in [0.05, 0.1) is 13.7 Å². The van der Waals surface area contributed by atoms with E-state index >= 15 is 0 Å². The topological polar surface area (TPSA) is 67.9 Å². The van der Waals surface area contributed by atoms with Crippen LogP contribution in [0.25, 0.3) is 0 Å². The molecule has 1 N–H and O–H groups in total. The number of hydrogen-bond acceptors (Lipinski definition) is 4. The van der Waals surface area contributed by atoms with Crippen LogP contribution in [-0.4, -0.2) is 43.5 Å². The van der Waals surface area contributed by atoms with Gasteiger partial charge in [-0.1, -0.05) is 23.8 Å². The van der Waals surface area contributed by atoms with Crippen molar-refractivity contribution >= 4 is 11.8 Å². The van der Waals surface area contributed by atoms with E-state index in [-0.39, 0.29) is 11.8 Å². The summed E-state index contributed by atoms with van der Waals surface area (Å²) >= 11 is 0. The van der Waals surface area contributed by atoms with Crippen molar-refractivity contribution in [2.24, 2.45) is 5.92 Å². The molecule has 6 heteroatoms. The third-order valence-corrected chi connectivity index (χ3v) is 5.69. The smallest absolute Gasteiger partial charge is 0.253 e. The summed E-state index contributed by atoms with van der Waals surface area (Å²) in [6.45, 7) is 6.35. The van der Waals surface area contributed by atoms with Crippen molar-refractivity contribution in [3.63, 3.8) is 0 Å². The summed E-state index contributed by atoms with van der Waals surface area (Å²) in [6.07, 6.45) is 2.19. The summed E-state index contributed by atoms with van der Waals surface area (Å²) < 4.78 is 10.9. The van der Waals surface area contributed by atoms with E-state index in [0.29, 0.717) is 50.1 Å². The van der Waals surface area contributed by atoms with Gasteiger partial charge in [0.25, 0.3) is 5.91 Å². The van der Waals surface area contributed by atoms with Gasteiger partial charge in [-0.15, -0.1) is 0 Å². The lowest BCUT2D eigenvalue weighted by molar-refractivity contribution is -0.122. The Kier molecular flexibility index (Phi) is 7.93. The van der Waals surface area contributed by atoms with Crippen LogP contribution in [-0.2, 0) is 11.3 Å². The first-order valence-corrected chi connectivity index (χ1v) is 10.9. The molecule has 0 atom stereocenters. The quantitative estimate of drug-likeness (QED) is 0.697. The molecule has 3 rings (SSSR count). The van der Waals surface area contributed by atoms with Crippen LogP contribution < -0.4 is 14.8 Å². The van der Waals surface area contributed by atoms with Crippen LogP contribution in [0.15, 0.2) is 42.5 Å². The number of piperidine rings is 1. The van der Waals surface area contributed by atoms with Crippen molar-refractivity contribution in [2.75, 3.05) is 26.8 Å². The van der Waals surface area contributed by atoms with Crippen molar-refractivity contribution in [1.29, 1.82) is 0 Å². The number of ether oxygens (including phenoxy) is 2. The minimum Gasteiger partial charge on any atom is -0.493 e. The van der Waals surface area contributed by atoms with E-state index < -0.39 is 0 Å². The number of benzene rings is 2. The van der Waals surface area contributed by atoms with Crippen LogP contribution in [0.1, 0.15) is 47.7 Å². The van der Waals surface area contributed by atoms with Crippen molar-refractivity contribution in [1.82, 2.24) is 10.2 Å². The Morgan fingerprint density at radius 1 is 1.06 bits per heavy atom. The highest BCUT2D eigenvalue weighted by atomic mass is 16.5. The molecule has 1 saturated heterocycles. The Bertz CT molecular complexity index is 887. The van der Waals surface area contributed by atoms with Gasteiger partial charge in [0.2, 0.25) is 5.91 Å². The molecular weight excluding hydrogens is 392 g/mol. The predicted molar refractivity (Wildman–Crippen MR) is 120 cm³/mol. The Balaban J connectivity index is 1.44. The fourth-order valence-corrected chi connectivity index (χ4v) is 3.85. The molecule has 1 aliphatic rings. The highest BCUT2D eigenvalue weighted by Crippen LogP contribution is 2.28. The normalized spacial score (nSPS) is 14.2. The number of hydrogen-bond donors (Lipinski definition) is 1. The molecule has 0 aromatic heterocycles. The molecule has 0 bridgehead atoms. The maximum Gasteiger partial charge on any atom is 0.253 e. The van der Waals surface area contributed by atoms with Crippen molar-refractivity contribution in [3.8, 4) is 11.5 Å². The summed E-state index contributed by atoms with van der Waals surface area (Å²) in [5, 5.41) is 3.00. The summed E-state index contributed by atoms with van der Waals surface area (Å²) in [5.41, 5.74) is 2.84. The molecule has 1 fully saturated rings. The van der Waals surface area contributed by atoms with Gasteiger partial charge in [-0.2, -0.15) is 0 Å². The number of carbonyl (C=O) groups is 2. The van der Waals surface area contributed by atoms with E-state index in [9.17, 15) is 9.59 Å². The molecule has 0 unspecified atom stereocenters. The average Bonchev–Trinajstić information content (AvgIpc) is 2.79. The van der Waals surface area contributed by atoms with Crippen LogP contribution in [0, 0.1) is 12.8 Å². The van der Waals surface area contributed by atoms with Gasteiger partial charge in [-0.05, 0) is 62.4 Å². The van der Waals surface area contributed by atoms with Crippen molar-refractivity contribution in [2.45, 2.75) is 39.7 Å². The Morgan fingerprint density at radius 2 is 1.77 bits per heavy atom. The Hall–Kier alpha value is -3.02. The third-order valence-electron chi connectivity index (χ3n) is 5.69. The number of aryl methyl sites for hydroxylation is 1. The number of likely N-dealkylation sites (tertiary alicyclic amines) is 1. The molecule has 1 heterocycles. The van der Waals surface area contributed by atoms with Gasteiger partial charge in [0.1, 0.15) is 0 Å². The van der Waals surface area contributed by atoms with E-state index in [2.05, 4.69) is 5.32 Å². The van der Waals surface area contributed by atoms with E-state index in [0.717, 1.165) is 29.5 Å². The van der Waals surface area contributed by atoms with Gasteiger partial charge in [0, 0.05) is 31.6 Å². The van der Waals surface area contributed by atoms with Gasteiger partial charge in [0.15, 0.2) is 11.5 Å². The molecule has 2 aromatic carbocycles. The molecule has 0 spiro atoms. The lowest BCUT2D eigenvalue weighted by Crippen LogP contribution is -2.39. The SMILES string of the molecule is CCOc1ccc(CNC(=O)CC2CCN(C(=O)c3ccc(C)cc3)CC2)cc1OC. The lowest BCUT2D eigenvalue weighted by Gasteiger charge is -2.32.